The van der Waals surface area contributed by atoms with Gasteiger partial charge in [-0.05, 0) is 66.5 Å². The number of anilines is 1. The maximum Gasteiger partial charge on any atom is 0.339 e. The van der Waals surface area contributed by atoms with Gasteiger partial charge in [0.05, 0.1) is 41.5 Å². The van der Waals surface area contributed by atoms with E-state index in [0.717, 1.165) is 26.4 Å². The summed E-state index contributed by atoms with van der Waals surface area (Å²) in [5.41, 5.74) is -0.0941. The van der Waals surface area contributed by atoms with Crippen LogP contribution < -0.4 is 5.32 Å². The number of carbonyl (C=O) groups is 4. The summed E-state index contributed by atoms with van der Waals surface area (Å²) in [5.74, 6) is -3.14. The SMILES string of the molecule is COC(=O)c1ccc(C(=O)OC)c(NC(=O)COC(=O)c2cccc(S(=O)(=O)N3CC4(C)CC3CC(C)(C)C4)c2)c1. The fourth-order valence-electron chi connectivity index (χ4n) is 6.19. The standard InChI is InChI=1S/C29H34N2O9S/c1-28(2)13-20-14-29(3,16-28)17-31(20)41(36,37)21-8-6-7-18(11-21)26(34)40-15-24(32)30-23-12-19(25(33)38-4)9-10-22(23)27(35)39-5/h6-12,20H,13-17H2,1-5H3,(H,30,32). The molecule has 2 aromatic carbocycles. The number of methoxy groups -OCH3 is 2. The number of nitrogens with zero attached hydrogens (tertiary/aromatic N) is 1. The Kier molecular flexibility index (Phi) is 8.28. The first-order valence-corrected chi connectivity index (χ1v) is 14.5. The number of rotatable bonds is 8. The second-order valence-corrected chi connectivity index (χ2v) is 13.6. The van der Waals surface area contributed by atoms with Crippen LogP contribution in [-0.2, 0) is 29.0 Å². The van der Waals surface area contributed by atoms with Crippen LogP contribution >= 0.6 is 0 Å². The summed E-state index contributed by atoms with van der Waals surface area (Å²) in [6.07, 6.45) is 2.50. The third-order valence-corrected chi connectivity index (χ3v) is 9.39. The van der Waals surface area contributed by atoms with Crippen LogP contribution in [0, 0.1) is 10.8 Å². The number of hydrogen-bond donors (Lipinski definition) is 1. The van der Waals surface area contributed by atoms with Crippen molar-refractivity contribution in [2.24, 2.45) is 10.8 Å². The summed E-state index contributed by atoms with van der Waals surface area (Å²) < 4.78 is 43.3. The molecule has 0 aromatic heterocycles. The molecule has 0 radical (unpaired) electrons. The minimum Gasteiger partial charge on any atom is -0.465 e. The summed E-state index contributed by atoms with van der Waals surface area (Å²) in [6, 6.07) is 9.31. The Hall–Kier alpha value is -3.77. The van der Waals surface area contributed by atoms with E-state index in [9.17, 15) is 27.6 Å². The van der Waals surface area contributed by atoms with Gasteiger partial charge in [-0.1, -0.05) is 26.8 Å². The van der Waals surface area contributed by atoms with Gasteiger partial charge in [-0.15, -0.1) is 0 Å². The van der Waals surface area contributed by atoms with E-state index in [-0.39, 0.29) is 44.1 Å². The molecule has 2 bridgehead atoms. The zero-order valence-corrected chi connectivity index (χ0v) is 24.5. The number of amides is 1. The molecule has 1 saturated heterocycles. The van der Waals surface area contributed by atoms with E-state index in [2.05, 4.69) is 30.8 Å². The molecule has 2 aliphatic rings. The summed E-state index contributed by atoms with van der Waals surface area (Å²) in [6.45, 7) is 6.12. The minimum atomic E-state index is -3.87. The molecule has 41 heavy (non-hydrogen) atoms. The van der Waals surface area contributed by atoms with E-state index < -0.39 is 40.4 Å². The largest absolute Gasteiger partial charge is 0.465 e. The third kappa shape index (κ3) is 6.43. The summed E-state index contributed by atoms with van der Waals surface area (Å²) >= 11 is 0. The van der Waals surface area contributed by atoms with Crippen LogP contribution in [0.5, 0.6) is 0 Å². The summed E-state index contributed by atoms with van der Waals surface area (Å²) in [4.78, 5) is 49.3. The summed E-state index contributed by atoms with van der Waals surface area (Å²) in [7, 11) is -1.52. The van der Waals surface area contributed by atoms with Crippen LogP contribution in [0.4, 0.5) is 5.69 Å². The molecule has 4 rings (SSSR count). The first-order chi connectivity index (χ1) is 19.2. The predicted molar refractivity (Wildman–Crippen MR) is 148 cm³/mol. The van der Waals surface area contributed by atoms with Crippen LogP contribution in [0.15, 0.2) is 47.4 Å². The van der Waals surface area contributed by atoms with Gasteiger partial charge < -0.3 is 19.5 Å². The Bertz CT molecular complexity index is 1500. The van der Waals surface area contributed by atoms with Gasteiger partial charge in [0.2, 0.25) is 10.0 Å². The first kappa shape index (κ1) is 30.2. The lowest BCUT2D eigenvalue weighted by molar-refractivity contribution is -0.119. The molecular weight excluding hydrogens is 552 g/mol. The highest BCUT2D eigenvalue weighted by Crippen LogP contribution is 2.53. The van der Waals surface area contributed by atoms with Crippen molar-refractivity contribution in [1.29, 1.82) is 0 Å². The number of ether oxygens (including phenoxy) is 3. The molecular formula is C29H34N2O9S. The first-order valence-electron chi connectivity index (χ1n) is 13.1. The van der Waals surface area contributed by atoms with Crippen LogP contribution in [0.3, 0.4) is 0 Å². The molecule has 2 unspecified atom stereocenters. The Labute approximate surface area is 239 Å². The van der Waals surface area contributed by atoms with Gasteiger partial charge in [-0.2, -0.15) is 4.31 Å². The molecule has 2 aromatic rings. The Morgan fingerprint density at radius 3 is 2.29 bits per heavy atom. The van der Waals surface area contributed by atoms with Crippen molar-refractivity contribution in [1.82, 2.24) is 4.31 Å². The van der Waals surface area contributed by atoms with Gasteiger partial charge in [-0.3, -0.25) is 4.79 Å². The van der Waals surface area contributed by atoms with Crippen molar-refractivity contribution in [2.45, 2.75) is 51.0 Å². The number of benzene rings is 2. The minimum absolute atomic E-state index is 0.0206. The zero-order valence-electron chi connectivity index (χ0n) is 23.7. The molecule has 2 atom stereocenters. The van der Waals surface area contributed by atoms with Gasteiger partial charge in [-0.25, -0.2) is 22.8 Å². The number of fused-ring (bicyclic) bond motifs is 2. The molecule has 11 nitrogen and oxygen atoms in total. The molecule has 1 N–H and O–H groups in total. The van der Waals surface area contributed by atoms with E-state index in [1.54, 1.807) is 4.31 Å². The quantitative estimate of drug-likeness (QED) is 0.362. The van der Waals surface area contributed by atoms with Crippen molar-refractivity contribution in [3.63, 3.8) is 0 Å². The highest BCUT2D eigenvalue weighted by Gasteiger charge is 2.53. The Balaban J connectivity index is 1.46. The van der Waals surface area contributed by atoms with E-state index >= 15 is 0 Å². The third-order valence-electron chi connectivity index (χ3n) is 7.50. The highest BCUT2D eigenvalue weighted by atomic mass is 32.2. The van der Waals surface area contributed by atoms with Gasteiger partial charge in [0.1, 0.15) is 0 Å². The van der Waals surface area contributed by atoms with Gasteiger partial charge >= 0.3 is 17.9 Å². The van der Waals surface area contributed by atoms with Crippen molar-refractivity contribution in [2.75, 3.05) is 32.7 Å². The van der Waals surface area contributed by atoms with Crippen LogP contribution in [0.2, 0.25) is 0 Å². The Morgan fingerprint density at radius 1 is 0.927 bits per heavy atom. The number of esters is 3. The van der Waals surface area contributed by atoms with Crippen LogP contribution in [0.25, 0.3) is 0 Å². The molecule has 12 heteroatoms. The predicted octanol–water partition coefficient (Wildman–Crippen LogP) is 3.64. The molecule has 1 aliphatic heterocycles. The normalized spacial score (nSPS) is 21.5. The average molecular weight is 587 g/mol. The lowest BCUT2D eigenvalue weighted by atomic mass is 9.65. The molecule has 1 saturated carbocycles. The van der Waals surface area contributed by atoms with E-state index in [0.29, 0.717) is 6.54 Å². The second kappa shape index (κ2) is 11.2. The van der Waals surface area contributed by atoms with Crippen molar-refractivity contribution >= 4 is 39.5 Å². The van der Waals surface area contributed by atoms with Gasteiger partial charge in [0.15, 0.2) is 6.61 Å². The van der Waals surface area contributed by atoms with Gasteiger partial charge in [0.25, 0.3) is 5.91 Å². The number of nitrogens with one attached hydrogen (secondary N) is 1. The van der Waals surface area contributed by atoms with E-state index in [4.69, 9.17) is 9.47 Å². The topological polar surface area (TPSA) is 145 Å². The zero-order chi connectivity index (χ0) is 30.2. The Morgan fingerprint density at radius 2 is 1.61 bits per heavy atom. The van der Waals surface area contributed by atoms with Crippen molar-refractivity contribution in [3.05, 3.63) is 59.2 Å². The number of carbonyl (C=O) groups excluding carboxylic acids is 4. The monoisotopic (exact) mass is 586 g/mol. The van der Waals surface area contributed by atoms with E-state index in [1.165, 1.54) is 49.6 Å². The van der Waals surface area contributed by atoms with Crippen molar-refractivity contribution < 1.29 is 41.8 Å². The maximum absolute atomic E-state index is 13.6. The molecule has 2 fully saturated rings. The van der Waals surface area contributed by atoms with E-state index in [1.807, 2.05) is 0 Å². The summed E-state index contributed by atoms with van der Waals surface area (Å²) in [5, 5.41) is 2.43. The van der Waals surface area contributed by atoms with Crippen molar-refractivity contribution in [3.8, 4) is 0 Å². The molecule has 1 amide bonds. The number of sulfonamides is 1. The molecule has 220 valence electrons. The lowest BCUT2D eigenvalue weighted by Gasteiger charge is -2.39. The smallest absolute Gasteiger partial charge is 0.339 e. The molecule has 1 heterocycles. The van der Waals surface area contributed by atoms with Gasteiger partial charge in [0, 0.05) is 12.6 Å². The molecule has 1 aliphatic carbocycles. The molecule has 0 spiro atoms. The number of hydrogen-bond acceptors (Lipinski definition) is 9. The second-order valence-electron chi connectivity index (χ2n) is 11.7. The lowest BCUT2D eigenvalue weighted by Crippen LogP contribution is -2.37. The van der Waals surface area contributed by atoms with Crippen LogP contribution in [0.1, 0.15) is 71.1 Å². The highest BCUT2D eigenvalue weighted by molar-refractivity contribution is 7.89. The fraction of sp³-hybridized carbons (Fsp3) is 0.448. The maximum atomic E-state index is 13.6. The van der Waals surface area contributed by atoms with Crippen LogP contribution in [-0.4, -0.2) is 70.0 Å². The average Bonchev–Trinajstić information content (AvgIpc) is 3.19. The fourth-order valence-corrected chi connectivity index (χ4v) is 8.01.